The highest BCUT2D eigenvalue weighted by Crippen LogP contribution is 2.43. The van der Waals surface area contributed by atoms with E-state index in [1.165, 1.54) is 22.8 Å². The van der Waals surface area contributed by atoms with Gasteiger partial charge in [-0.05, 0) is 60.7 Å². The first-order chi connectivity index (χ1) is 19.6. The summed E-state index contributed by atoms with van der Waals surface area (Å²) in [5, 5.41) is 17.1. The summed E-state index contributed by atoms with van der Waals surface area (Å²) in [5.74, 6) is -2.57. The molecular weight excluding hydrogens is 611 g/mol. The molecule has 3 aromatic rings. The van der Waals surface area contributed by atoms with Crippen molar-refractivity contribution in [1.82, 2.24) is 14.6 Å². The van der Waals surface area contributed by atoms with Gasteiger partial charge in [-0.25, -0.2) is 13.2 Å². The lowest BCUT2D eigenvalue weighted by molar-refractivity contribution is -0.143. The highest BCUT2D eigenvalue weighted by molar-refractivity contribution is 7.91. The number of anilines is 1. The molecule has 41 heavy (non-hydrogen) atoms. The number of aliphatic carboxylic acids is 1. The highest BCUT2D eigenvalue weighted by Gasteiger charge is 2.51. The molecule has 2 bridgehead atoms. The van der Waals surface area contributed by atoms with Crippen molar-refractivity contribution in [2.45, 2.75) is 54.4 Å². The first kappa shape index (κ1) is 29.5. The van der Waals surface area contributed by atoms with Crippen molar-refractivity contribution in [3.8, 4) is 0 Å². The van der Waals surface area contributed by atoms with E-state index in [2.05, 4.69) is 15.6 Å². The van der Waals surface area contributed by atoms with Crippen LogP contribution in [0.3, 0.4) is 0 Å². The van der Waals surface area contributed by atoms with Crippen molar-refractivity contribution in [2.75, 3.05) is 5.32 Å². The van der Waals surface area contributed by atoms with Crippen LogP contribution in [0.2, 0.25) is 10.0 Å². The second kappa shape index (κ2) is 12.1. The van der Waals surface area contributed by atoms with Gasteiger partial charge in [0.1, 0.15) is 16.3 Å². The minimum Gasteiger partial charge on any atom is -0.480 e. The Balaban J connectivity index is 1.29. The van der Waals surface area contributed by atoms with Gasteiger partial charge in [-0.15, -0.1) is 11.3 Å². The minimum atomic E-state index is -3.91. The molecule has 2 amide bonds. The summed E-state index contributed by atoms with van der Waals surface area (Å²) in [7, 11) is -3.91. The monoisotopic (exact) mass is 636 g/mol. The van der Waals surface area contributed by atoms with Gasteiger partial charge in [-0.1, -0.05) is 41.4 Å². The van der Waals surface area contributed by atoms with Crippen LogP contribution in [0.1, 0.15) is 41.6 Å². The van der Waals surface area contributed by atoms with Gasteiger partial charge in [0.05, 0.1) is 15.6 Å². The first-order valence-electron chi connectivity index (χ1n) is 12.9. The van der Waals surface area contributed by atoms with Crippen LogP contribution in [0.25, 0.3) is 0 Å². The number of hydrogen-bond donors (Lipinski definition) is 3. The molecule has 1 saturated carbocycles. The third kappa shape index (κ3) is 6.12. The lowest BCUT2D eigenvalue weighted by Gasteiger charge is -2.49. The van der Waals surface area contributed by atoms with Crippen molar-refractivity contribution in [2.24, 2.45) is 5.92 Å². The number of halogens is 2. The van der Waals surface area contributed by atoms with Crippen molar-refractivity contribution in [3.63, 3.8) is 0 Å². The number of amides is 2. The van der Waals surface area contributed by atoms with E-state index in [0.717, 1.165) is 11.3 Å². The Bertz CT molecular complexity index is 1540. The third-order valence-electron chi connectivity index (χ3n) is 7.46. The lowest BCUT2D eigenvalue weighted by Crippen LogP contribution is -2.63. The maximum Gasteiger partial charge on any atom is 0.326 e. The Hall–Kier alpha value is -3.03. The van der Waals surface area contributed by atoms with Gasteiger partial charge < -0.3 is 15.7 Å². The average Bonchev–Trinajstić information content (AvgIpc) is 3.50. The van der Waals surface area contributed by atoms with Crippen LogP contribution in [-0.2, 0) is 26.0 Å². The van der Waals surface area contributed by atoms with E-state index < -0.39 is 39.9 Å². The molecule has 14 heteroatoms. The predicted molar refractivity (Wildman–Crippen MR) is 155 cm³/mol. The molecule has 6 rings (SSSR count). The quantitative estimate of drug-likeness (QED) is 0.314. The van der Waals surface area contributed by atoms with E-state index in [-0.39, 0.29) is 38.2 Å². The molecule has 4 heterocycles. The van der Waals surface area contributed by atoms with Gasteiger partial charge in [0.25, 0.3) is 15.9 Å². The maximum atomic E-state index is 13.5. The molecule has 10 nitrogen and oxygen atoms in total. The summed E-state index contributed by atoms with van der Waals surface area (Å²) in [5.41, 5.74) is 1.09. The van der Waals surface area contributed by atoms with Crippen molar-refractivity contribution >= 4 is 68.0 Å². The summed E-state index contributed by atoms with van der Waals surface area (Å²) in [6.45, 7) is 0. The third-order valence-corrected chi connectivity index (χ3v) is 11.3. The number of pyridine rings is 1. The highest BCUT2D eigenvalue weighted by atomic mass is 35.5. The Kier molecular flexibility index (Phi) is 8.67. The van der Waals surface area contributed by atoms with Gasteiger partial charge in [0.2, 0.25) is 5.91 Å². The smallest absolute Gasteiger partial charge is 0.326 e. The van der Waals surface area contributed by atoms with Crippen LogP contribution >= 0.6 is 34.5 Å². The second-order valence-electron chi connectivity index (χ2n) is 10.0. The fourth-order valence-electron chi connectivity index (χ4n) is 5.54. The number of carbonyl (C=O) groups excluding carboxylic acids is 2. The van der Waals surface area contributed by atoms with Gasteiger partial charge in [-0.2, -0.15) is 4.31 Å². The topological polar surface area (TPSA) is 146 Å². The standard InChI is InChI=1S/C27H26Cl2N4O6S2/c28-19-13-30-14-20(29)23(19)25(34)31-17-7-3-15(4-8-17)12-21(27(36)37)32-26(35)24-16-5-9-18(10-6-16)33(24)41(38,39)22-2-1-11-40-22/h1-4,7-8,11,13-14,16,18,21,24H,5-6,9-10,12H2,(H,31,34)(H,32,35)(H,36,37). The van der Waals surface area contributed by atoms with Crippen molar-refractivity contribution < 1.29 is 27.9 Å². The number of hydrogen-bond acceptors (Lipinski definition) is 7. The van der Waals surface area contributed by atoms with Crippen LogP contribution in [0.5, 0.6) is 0 Å². The zero-order chi connectivity index (χ0) is 29.3. The number of thiophene rings is 1. The number of sulfonamides is 1. The molecule has 216 valence electrons. The first-order valence-corrected chi connectivity index (χ1v) is 15.9. The van der Waals surface area contributed by atoms with E-state index >= 15 is 0 Å². The lowest BCUT2D eigenvalue weighted by atomic mass is 9.76. The number of benzene rings is 1. The van der Waals surface area contributed by atoms with E-state index in [9.17, 15) is 27.9 Å². The fourth-order valence-corrected chi connectivity index (χ4v) is 9.06. The Morgan fingerprint density at radius 1 is 1.05 bits per heavy atom. The molecule has 2 aromatic heterocycles. The number of fused-ring (bicyclic) bond motifs is 3. The largest absolute Gasteiger partial charge is 0.480 e. The molecule has 0 spiro atoms. The second-order valence-corrected chi connectivity index (χ2v) is 13.8. The molecule has 0 radical (unpaired) electrons. The predicted octanol–water partition coefficient (Wildman–Crippen LogP) is 4.45. The number of piperidine rings is 2. The zero-order valence-electron chi connectivity index (χ0n) is 21.5. The molecule has 2 atom stereocenters. The van der Waals surface area contributed by atoms with Crippen molar-refractivity contribution in [3.05, 3.63) is 75.3 Å². The van der Waals surface area contributed by atoms with Crippen LogP contribution in [-0.4, -0.2) is 58.7 Å². The van der Waals surface area contributed by atoms with Crippen LogP contribution in [0.4, 0.5) is 5.69 Å². The summed E-state index contributed by atoms with van der Waals surface area (Å²) < 4.78 is 28.5. The summed E-state index contributed by atoms with van der Waals surface area (Å²) in [4.78, 5) is 42.1. The number of rotatable bonds is 9. The average molecular weight is 638 g/mol. The molecule has 3 fully saturated rings. The number of aromatic nitrogens is 1. The van der Waals surface area contributed by atoms with Gasteiger partial charge in [0.15, 0.2) is 0 Å². The summed E-state index contributed by atoms with van der Waals surface area (Å²) in [6.07, 6.45) is 5.33. The minimum absolute atomic E-state index is 0.0458. The van der Waals surface area contributed by atoms with E-state index in [1.807, 2.05) is 0 Å². The molecule has 2 unspecified atom stereocenters. The summed E-state index contributed by atoms with van der Waals surface area (Å²) in [6, 6.07) is 7.04. The number of nitrogens with one attached hydrogen (secondary N) is 2. The van der Waals surface area contributed by atoms with Gasteiger partial charge >= 0.3 is 5.97 Å². The molecule has 3 aliphatic rings. The van der Waals surface area contributed by atoms with Crippen LogP contribution < -0.4 is 10.6 Å². The Morgan fingerprint density at radius 2 is 1.71 bits per heavy atom. The molecule has 3 N–H and O–H groups in total. The van der Waals surface area contributed by atoms with Gasteiger partial charge in [0, 0.05) is 30.5 Å². The number of nitrogens with zero attached hydrogens (tertiary/aromatic N) is 2. The fraction of sp³-hybridized carbons (Fsp3) is 0.333. The Labute approximate surface area is 250 Å². The molecular formula is C27H26Cl2N4O6S2. The van der Waals surface area contributed by atoms with Crippen LogP contribution in [0.15, 0.2) is 58.4 Å². The summed E-state index contributed by atoms with van der Waals surface area (Å²) >= 11 is 13.2. The molecule has 2 saturated heterocycles. The number of carbonyl (C=O) groups is 3. The molecule has 2 aliphatic heterocycles. The van der Waals surface area contributed by atoms with Crippen molar-refractivity contribution in [1.29, 1.82) is 0 Å². The van der Waals surface area contributed by atoms with Gasteiger partial charge in [-0.3, -0.25) is 14.6 Å². The maximum absolute atomic E-state index is 13.5. The zero-order valence-corrected chi connectivity index (χ0v) is 24.6. The SMILES string of the molecule is O=C(Nc1ccc(CC(NC(=O)C2C3CCC(CC3)N2S(=O)(=O)c2cccs2)C(=O)O)cc1)c1c(Cl)cncc1Cl. The van der Waals surface area contributed by atoms with E-state index in [0.29, 0.717) is 36.9 Å². The number of carboxylic acid groups (broad SMARTS) is 1. The normalized spacial score (nSPS) is 21.3. The van der Waals surface area contributed by atoms with E-state index in [1.54, 1.807) is 35.7 Å². The van der Waals surface area contributed by atoms with E-state index in [4.69, 9.17) is 23.2 Å². The number of carboxylic acids is 1. The van der Waals surface area contributed by atoms with Crippen LogP contribution in [0, 0.1) is 5.92 Å². The molecule has 1 aromatic carbocycles. The molecule has 1 aliphatic carbocycles. The Morgan fingerprint density at radius 3 is 2.29 bits per heavy atom.